The molecule has 1 aliphatic rings. The average molecular weight is 287 g/mol. The summed E-state index contributed by atoms with van der Waals surface area (Å²) in [5.74, 6) is 0.294. The van der Waals surface area contributed by atoms with Crippen LogP contribution in [0.25, 0.3) is 6.08 Å². The summed E-state index contributed by atoms with van der Waals surface area (Å²) in [6, 6.07) is 6.33. The highest BCUT2D eigenvalue weighted by atomic mass is 16.6. The Morgan fingerprint density at radius 1 is 1.24 bits per heavy atom. The fourth-order valence-corrected chi connectivity index (χ4v) is 2.84. The zero-order valence-electron chi connectivity index (χ0n) is 12.8. The molecule has 112 valence electrons. The van der Waals surface area contributed by atoms with E-state index in [1.54, 1.807) is 12.1 Å². The SMILES string of the molecule is CC(C)(C)[C@H]1CCC/C(=C\c2ccc([N+](=O)[O-])cc2)C1=O. The van der Waals surface area contributed by atoms with Gasteiger partial charge in [0.2, 0.25) is 0 Å². The largest absolute Gasteiger partial charge is 0.294 e. The number of nitrogens with zero attached hydrogens (tertiary/aromatic N) is 1. The lowest BCUT2D eigenvalue weighted by molar-refractivity contribution is -0.384. The summed E-state index contributed by atoms with van der Waals surface area (Å²) in [7, 11) is 0. The Hall–Kier alpha value is -1.97. The van der Waals surface area contributed by atoms with Gasteiger partial charge in [0.15, 0.2) is 5.78 Å². The van der Waals surface area contributed by atoms with E-state index in [2.05, 4.69) is 20.8 Å². The van der Waals surface area contributed by atoms with Gasteiger partial charge in [0.05, 0.1) is 4.92 Å². The molecule has 0 spiro atoms. The van der Waals surface area contributed by atoms with Crippen molar-refractivity contribution in [1.29, 1.82) is 0 Å². The normalized spacial score (nSPS) is 21.6. The molecule has 1 atom stereocenters. The Bertz CT molecular complexity index is 579. The van der Waals surface area contributed by atoms with Crippen molar-refractivity contribution in [2.75, 3.05) is 0 Å². The second kappa shape index (κ2) is 5.80. The van der Waals surface area contributed by atoms with Gasteiger partial charge in [-0.05, 0) is 54.0 Å². The molecule has 0 heterocycles. The Kier molecular flexibility index (Phi) is 4.26. The van der Waals surface area contributed by atoms with Crippen molar-refractivity contribution < 1.29 is 9.72 Å². The molecule has 0 amide bonds. The van der Waals surface area contributed by atoms with Crippen LogP contribution in [0.1, 0.15) is 45.6 Å². The highest BCUT2D eigenvalue weighted by molar-refractivity contribution is 6.02. The van der Waals surface area contributed by atoms with Crippen LogP contribution in [0.2, 0.25) is 0 Å². The summed E-state index contributed by atoms with van der Waals surface area (Å²) in [6.07, 6.45) is 4.64. The summed E-state index contributed by atoms with van der Waals surface area (Å²) in [5.41, 5.74) is 1.74. The van der Waals surface area contributed by atoms with Crippen molar-refractivity contribution >= 4 is 17.5 Å². The number of hydrogen-bond acceptors (Lipinski definition) is 3. The van der Waals surface area contributed by atoms with Crippen LogP contribution in [-0.2, 0) is 4.79 Å². The maximum Gasteiger partial charge on any atom is 0.269 e. The van der Waals surface area contributed by atoms with Gasteiger partial charge in [0.1, 0.15) is 0 Å². The molecule has 0 aromatic heterocycles. The first-order valence-electron chi connectivity index (χ1n) is 7.28. The average Bonchev–Trinajstić information content (AvgIpc) is 2.40. The van der Waals surface area contributed by atoms with Gasteiger partial charge < -0.3 is 0 Å². The highest BCUT2D eigenvalue weighted by Gasteiger charge is 2.35. The summed E-state index contributed by atoms with van der Waals surface area (Å²) < 4.78 is 0. The zero-order chi connectivity index (χ0) is 15.6. The molecule has 1 fully saturated rings. The number of ketones is 1. The van der Waals surface area contributed by atoms with Crippen LogP contribution in [0.5, 0.6) is 0 Å². The van der Waals surface area contributed by atoms with Crippen molar-refractivity contribution in [2.24, 2.45) is 11.3 Å². The number of rotatable bonds is 2. The van der Waals surface area contributed by atoms with Crippen molar-refractivity contribution in [3.63, 3.8) is 0 Å². The first-order valence-corrected chi connectivity index (χ1v) is 7.28. The number of hydrogen-bond donors (Lipinski definition) is 0. The summed E-state index contributed by atoms with van der Waals surface area (Å²) in [6.45, 7) is 6.30. The van der Waals surface area contributed by atoms with Crippen LogP contribution < -0.4 is 0 Å². The van der Waals surface area contributed by atoms with E-state index in [-0.39, 0.29) is 22.8 Å². The second-order valence-corrected chi connectivity index (χ2v) is 6.69. The lowest BCUT2D eigenvalue weighted by Crippen LogP contribution is -2.32. The second-order valence-electron chi connectivity index (χ2n) is 6.69. The van der Waals surface area contributed by atoms with Crippen LogP contribution in [0.15, 0.2) is 29.8 Å². The third-order valence-electron chi connectivity index (χ3n) is 4.06. The first-order chi connectivity index (χ1) is 9.79. The lowest BCUT2D eigenvalue weighted by atomic mass is 9.70. The molecule has 1 aromatic carbocycles. The number of non-ortho nitro benzene ring substituents is 1. The third-order valence-corrected chi connectivity index (χ3v) is 4.06. The molecule has 2 rings (SSSR count). The minimum atomic E-state index is -0.418. The van der Waals surface area contributed by atoms with E-state index in [1.807, 2.05) is 6.08 Å². The fraction of sp³-hybridized carbons (Fsp3) is 0.471. The minimum absolute atomic E-state index is 0.0218. The minimum Gasteiger partial charge on any atom is -0.294 e. The Balaban J connectivity index is 2.24. The van der Waals surface area contributed by atoms with E-state index in [1.165, 1.54) is 12.1 Å². The van der Waals surface area contributed by atoms with Crippen LogP contribution in [0.3, 0.4) is 0 Å². The van der Waals surface area contributed by atoms with E-state index in [0.29, 0.717) is 0 Å². The van der Waals surface area contributed by atoms with Crippen molar-refractivity contribution in [3.05, 3.63) is 45.5 Å². The van der Waals surface area contributed by atoms with Gasteiger partial charge in [0, 0.05) is 18.1 Å². The number of carbonyl (C=O) groups excluding carboxylic acids is 1. The molecule has 0 radical (unpaired) electrons. The van der Waals surface area contributed by atoms with Gasteiger partial charge in [0.25, 0.3) is 5.69 Å². The van der Waals surface area contributed by atoms with Crippen LogP contribution in [0.4, 0.5) is 5.69 Å². The molecule has 0 unspecified atom stereocenters. The number of Topliss-reactive ketones (excluding diaryl/α,β-unsaturated/α-hetero) is 1. The molecule has 0 aliphatic heterocycles. The van der Waals surface area contributed by atoms with Crippen molar-refractivity contribution in [2.45, 2.75) is 40.0 Å². The molecular weight excluding hydrogens is 266 g/mol. The summed E-state index contributed by atoms with van der Waals surface area (Å²) >= 11 is 0. The summed E-state index contributed by atoms with van der Waals surface area (Å²) in [4.78, 5) is 22.8. The number of nitro groups is 1. The monoisotopic (exact) mass is 287 g/mol. The maximum atomic E-state index is 12.6. The van der Waals surface area contributed by atoms with Crippen LogP contribution >= 0.6 is 0 Å². The van der Waals surface area contributed by atoms with Gasteiger partial charge in [-0.15, -0.1) is 0 Å². The molecular formula is C17H21NO3. The third kappa shape index (κ3) is 3.57. The smallest absolute Gasteiger partial charge is 0.269 e. The van der Waals surface area contributed by atoms with E-state index in [0.717, 1.165) is 30.4 Å². The molecule has 0 N–H and O–H groups in total. The van der Waals surface area contributed by atoms with Crippen LogP contribution in [-0.4, -0.2) is 10.7 Å². The topological polar surface area (TPSA) is 60.2 Å². The first kappa shape index (κ1) is 15.4. The molecule has 0 saturated heterocycles. The number of allylic oxidation sites excluding steroid dienone is 1. The zero-order valence-corrected chi connectivity index (χ0v) is 12.8. The quantitative estimate of drug-likeness (QED) is 0.460. The number of carbonyl (C=O) groups is 1. The molecule has 1 saturated carbocycles. The van der Waals surface area contributed by atoms with Gasteiger partial charge >= 0.3 is 0 Å². The Morgan fingerprint density at radius 2 is 1.86 bits per heavy atom. The number of nitro benzene ring substituents is 1. The van der Waals surface area contributed by atoms with Gasteiger partial charge in [-0.1, -0.05) is 20.8 Å². The van der Waals surface area contributed by atoms with Crippen molar-refractivity contribution in [3.8, 4) is 0 Å². The molecule has 21 heavy (non-hydrogen) atoms. The van der Waals surface area contributed by atoms with E-state index in [4.69, 9.17) is 0 Å². The maximum absolute atomic E-state index is 12.6. The molecule has 1 aromatic rings. The van der Waals surface area contributed by atoms with Gasteiger partial charge in [-0.2, -0.15) is 0 Å². The Morgan fingerprint density at radius 3 is 2.38 bits per heavy atom. The molecule has 1 aliphatic carbocycles. The van der Waals surface area contributed by atoms with Gasteiger partial charge in [-0.3, -0.25) is 14.9 Å². The highest BCUT2D eigenvalue weighted by Crippen LogP contribution is 2.38. The predicted octanol–water partition coefficient (Wildman–Crippen LogP) is 4.39. The molecule has 4 heteroatoms. The van der Waals surface area contributed by atoms with E-state index < -0.39 is 4.92 Å². The predicted molar refractivity (Wildman–Crippen MR) is 82.9 cm³/mol. The molecule has 4 nitrogen and oxygen atoms in total. The van der Waals surface area contributed by atoms with Crippen molar-refractivity contribution in [1.82, 2.24) is 0 Å². The van der Waals surface area contributed by atoms with Crippen LogP contribution in [0, 0.1) is 21.4 Å². The van der Waals surface area contributed by atoms with E-state index in [9.17, 15) is 14.9 Å². The summed E-state index contributed by atoms with van der Waals surface area (Å²) in [5, 5.41) is 10.6. The number of benzene rings is 1. The lowest BCUT2D eigenvalue weighted by Gasteiger charge is -2.33. The molecule has 0 bridgehead atoms. The fourth-order valence-electron chi connectivity index (χ4n) is 2.84. The van der Waals surface area contributed by atoms with Gasteiger partial charge in [-0.25, -0.2) is 0 Å². The standard InChI is InChI=1S/C17H21NO3/c1-17(2,3)15-6-4-5-13(16(15)19)11-12-7-9-14(10-8-12)18(20)21/h7-11,15H,4-6H2,1-3H3/b13-11+/t15-/m0/s1. The Labute approximate surface area is 125 Å². The van der Waals surface area contributed by atoms with E-state index >= 15 is 0 Å².